The molecule has 0 aliphatic carbocycles. The lowest BCUT2D eigenvalue weighted by Gasteiger charge is -2.06. The molecule has 2 aromatic carbocycles. The van der Waals surface area contributed by atoms with E-state index in [1.165, 1.54) is 28.0 Å². The van der Waals surface area contributed by atoms with E-state index in [2.05, 4.69) is 54.1 Å². The number of carbonyl (C=O) groups is 1. The monoisotopic (exact) mass is 453 g/mol. The van der Waals surface area contributed by atoms with Crippen molar-refractivity contribution in [1.29, 1.82) is 0 Å². The van der Waals surface area contributed by atoms with Crippen molar-refractivity contribution < 1.29 is 4.79 Å². The number of anilines is 1. The SMILES string of the molecule is Cc1ccc(-c2ccc(-c3nc4ccn(CC(=O)c5sc(N)nc5C)cc-4n3)cc2)cc1C. The van der Waals surface area contributed by atoms with Crippen molar-refractivity contribution in [1.82, 2.24) is 19.5 Å². The first-order valence-corrected chi connectivity index (χ1v) is 11.5. The number of nitrogen functional groups attached to an aromatic ring is 1. The van der Waals surface area contributed by atoms with Crippen LogP contribution in [0.25, 0.3) is 33.9 Å². The fraction of sp³-hybridized carbons (Fsp3) is 0.154. The Labute approximate surface area is 196 Å². The van der Waals surface area contributed by atoms with E-state index in [1.54, 1.807) is 6.92 Å². The second-order valence-electron chi connectivity index (χ2n) is 8.20. The minimum absolute atomic E-state index is 0.0206. The van der Waals surface area contributed by atoms with Gasteiger partial charge in [-0.25, -0.2) is 15.0 Å². The molecule has 0 unspecified atom stereocenters. The number of pyridine rings is 1. The molecule has 0 amide bonds. The minimum atomic E-state index is -0.0206. The fourth-order valence-corrected chi connectivity index (χ4v) is 4.59. The van der Waals surface area contributed by atoms with E-state index < -0.39 is 0 Å². The number of benzene rings is 2. The molecule has 6 nitrogen and oxygen atoms in total. The lowest BCUT2D eigenvalue weighted by Crippen LogP contribution is -2.10. The van der Waals surface area contributed by atoms with Crippen LogP contribution in [0.1, 0.15) is 26.5 Å². The number of carbonyl (C=O) groups excluding carboxylic acids is 1. The van der Waals surface area contributed by atoms with Crippen LogP contribution in [0.5, 0.6) is 0 Å². The van der Waals surface area contributed by atoms with Crippen molar-refractivity contribution >= 4 is 22.3 Å². The first-order valence-electron chi connectivity index (χ1n) is 10.6. The summed E-state index contributed by atoms with van der Waals surface area (Å²) in [7, 11) is 0. The van der Waals surface area contributed by atoms with Crippen LogP contribution in [-0.2, 0) is 6.54 Å². The summed E-state index contributed by atoms with van der Waals surface area (Å²) in [5.74, 6) is 0.652. The summed E-state index contributed by atoms with van der Waals surface area (Å²) in [5.41, 5.74) is 13.8. The average Bonchev–Trinajstić information content (AvgIpc) is 3.37. The molecule has 0 saturated carbocycles. The molecule has 3 heterocycles. The van der Waals surface area contributed by atoms with Crippen LogP contribution in [0.2, 0.25) is 0 Å². The number of hydrogen-bond acceptors (Lipinski definition) is 6. The Morgan fingerprint density at radius 2 is 1.58 bits per heavy atom. The van der Waals surface area contributed by atoms with Crippen molar-refractivity contribution in [3.63, 3.8) is 0 Å². The van der Waals surface area contributed by atoms with Gasteiger partial charge in [0, 0.05) is 18.0 Å². The van der Waals surface area contributed by atoms with E-state index in [0.717, 1.165) is 22.5 Å². The predicted octanol–water partition coefficient (Wildman–Crippen LogP) is 5.56. The highest BCUT2D eigenvalue weighted by atomic mass is 32.1. The number of fused-ring (bicyclic) bond motifs is 1. The quantitative estimate of drug-likeness (QED) is 0.352. The Kier molecular flexibility index (Phi) is 5.26. The van der Waals surface area contributed by atoms with Gasteiger partial charge >= 0.3 is 0 Å². The molecule has 0 spiro atoms. The molecule has 3 aromatic rings. The third-order valence-electron chi connectivity index (χ3n) is 5.80. The number of aryl methyl sites for hydroxylation is 3. The average molecular weight is 454 g/mol. The second kappa shape index (κ2) is 8.26. The molecule has 0 saturated heterocycles. The van der Waals surface area contributed by atoms with Gasteiger partial charge in [-0.2, -0.15) is 0 Å². The largest absolute Gasteiger partial charge is 0.375 e. The molecular weight excluding hydrogens is 430 g/mol. The van der Waals surface area contributed by atoms with Gasteiger partial charge in [0.1, 0.15) is 5.69 Å². The number of imidazole rings is 1. The summed E-state index contributed by atoms with van der Waals surface area (Å²) in [6, 6.07) is 16.7. The first-order chi connectivity index (χ1) is 15.9. The van der Waals surface area contributed by atoms with Crippen LogP contribution < -0.4 is 5.73 Å². The molecule has 1 aromatic heterocycles. The molecule has 5 rings (SSSR count). The Balaban J connectivity index is 1.38. The van der Waals surface area contributed by atoms with Crippen molar-refractivity contribution in [2.75, 3.05) is 5.73 Å². The van der Waals surface area contributed by atoms with Gasteiger partial charge in [-0.15, -0.1) is 0 Å². The lowest BCUT2D eigenvalue weighted by atomic mass is 9.99. The summed E-state index contributed by atoms with van der Waals surface area (Å²) >= 11 is 1.22. The standard InChI is InChI=1S/C26H23N5OS/c1-15-4-5-20(12-16(15)2)18-6-8-19(9-7-18)25-29-21-10-11-31(13-22(21)30-25)14-23(32)24-17(3)28-26(27)33-24/h4-13H,14H2,1-3H3,(H2,27,28). The van der Waals surface area contributed by atoms with Gasteiger partial charge in [-0.3, -0.25) is 4.79 Å². The molecule has 0 radical (unpaired) electrons. The molecule has 33 heavy (non-hydrogen) atoms. The maximum Gasteiger partial charge on any atom is 0.194 e. The first kappa shape index (κ1) is 21.0. The van der Waals surface area contributed by atoms with Crippen molar-refractivity contribution in [3.8, 4) is 33.9 Å². The van der Waals surface area contributed by atoms with Crippen molar-refractivity contribution in [3.05, 3.63) is 82.6 Å². The topological polar surface area (TPSA) is 86.7 Å². The zero-order chi connectivity index (χ0) is 23.1. The van der Waals surface area contributed by atoms with E-state index in [0.29, 0.717) is 21.5 Å². The molecule has 2 aliphatic rings. The number of ketones is 1. The number of rotatable bonds is 5. The number of aromatic nitrogens is 4. The summed E-state index contributed by atoms with van der Waals surface area (Å²) in [6.07, 6.45) is 3.70. The third kappa shape index (κ3) is 4.15. The lowest BCUT2D eigenvalue weighted by molar-refractivity contribution is 0.0975. The fourth-order valence-electron chi connectivity index (χ4n) is 3.83. The Hall–Kier alpha value is -3.84. The van der Waals surface area contributed by atoms with Crippen molar-refractivity contribution in [2.24, 2.45) is 0 Å². The zero-order valence-electron chi connectivity index (χ0n) is 18.7. The zero-order valence-corrected chi connectivity index (χ0v) is 19.5. The third-order valence-corrected chi connectivity index (χ3v) is 6.83. The van der Waals surface area contributed by atoms with Gasteiger partial charge in [0.25, 0.3) is 0 Å². The summed E-state index contributed by atoms with van der Waals surface area (Å²) in [6.45, 7) is 6.25. The molecule has 164 valence electrons. The molecule has 7 heteroatoms. The van der Waals surface area contributed by atoms with Crippen LogP contribution in [0.4, 0.5) is 5.13 Å². The molecule has 0 fully saturated rings. The van der Waals surface area contributed by atoms with Gasteiger partial charge in [0.15, 0.2) is 16.7 Å². The predicted molar refractivity (Wildman–Crippen MR) is 133 cm³/mol. The van der Waals surface area contributed by atoms with Gasteiger partial charge in [-0.05, 0) is 49.1 Å². The van der Waals surface area contributed by atoms with Crippen LogP contribution >= 0.6 is 11.3 Å². The minimum Gasteiger partial charge on any atom is -0.375 e. The van der Waals surface area contributed by atoms with Gasteiger partial charge in [-0.1, -0.05) is 53.8 Å². The van der Waals surface area contributed by atoms with Gasteiger partial charge < -0.3 is 10.3 Å². The molecule has 2 N–H and O–H groups in total. The van der Waals surface area contributed by atoms with E-state index in [-0.39, 0.29) is 12.3 Å². The summed E-state index contributed by atoms with van der Waals surface area (Å²) in [4.78, 5) is 26.8. The molecule has 0 bridgehead atoms. The van der Waals surface area contributed by atoms with Crippen LogP contribution in [-0.4, -0.2) is 25.3 Å². The number of hydrogen-bond donors (Lipinski definition) is 1. The van der Waals surface area contributed by atoms with Crippen molar-refractivity contribution in [2.45, 2.75) is 27.3 Å². The van der Waals surface area contributed by atoms with Crippen LogP contribution in [0.15, 0.2) is 60.9 Å². The number of nitrogens with two attached hydrogens (primary N) is 1. The van der Waals surface area contributed by atoms with Gasteiger partial charge in [0.2, 0.25) is 0 Å². The molecule has 0 atom stereocenters. The summed E-state index contributed by atoms with van der Waals surface area (Å²) < 4.78 is 1.82. The number of thiazole rings is 1. The van der Waals surface area contributed by atoms with Gasteiger partial charge in [0.05, 0.1) is 22.8 Å². The van der Waals surface area contributed by atoms with E-state index in [9.17, 15) is 4.79 Å². The van der Waals surface area contributed by atoms with E-state index >= 15 is 0 Å². The molecule has 2 aliphatic heterocycles. The Morgan fingerprint density at radius 3 is 2.27 bits per heavy atom. The Morgan fingerprint density at radius 1 is 0.879 bits per heavy atom. The highest BCUT2D eigenvalue weighted by Gasteiger charge is 2.17. The smallest absolute Gasteiger partial charge is 0.194 e. The highest BCUT2D eigenvalue weighted by Crippen LogP contribution is 2.28. The molecular formula is C26H23N5OS. The second-order valence-corrected chi connectivity index (χ2v) is 9.23. The maximum atomic E-state index is 12.7. The van der Waals surface area contributed by atoms with Crippen LogP contribution in [0.3, 0.4) is 0 Å². The highest BCUT2D eigenvalue weighted by molar-refractivity contribution is 7.17. The van der Waals surface area contributed by atoms with Crippen LogP contribution in [0, 0.1) is 20.8 Å². The number of Topliss-reactive ketones (excluding diaryl/α,β-unsaturated/α-hetero) is 1. The van der Waals surface area contributed by atoms with E-state index in [1.807, 2.05) is 35.2 Å². The maximum absolute atomic E-state index is 12.7. The summed E-state index contributed by atoms with van der Waals surface area (Å²) in [5, 5.41) is 0.409. The van der Waals surface area contributed by atoms with E-state index in [4.69, 9.17) is 10.7 Å². The number of nitrogens with zero attached hydrogens (tertiary/aromatic N) is 4. The normalized spacial score (nSPS) is 11.2. The Bertz CT molecular complexity index is 1450.